The summed E-state index contributed by atoms with van der Waals surface area (Å²) in [4.78, 5) is 9.25. The fourth-order valence-corrected chi connectivity index (χ4v) is 2.19. The van der Waals surface area contributed by atoms with Crippen LogP contribution in [0, 0.1) is 0 Å². The van der Waals surface area contributed by atoms with Gasteiger partial charge in [-0.15, -0.1) is 0 Å². The van der Waals surface area contributed by atoms with Crippen LogP contribution in [-0.2, 0) is 30.6 Å². The molecule has 0 radical (unpaired) electrons. The van der Waals surface area contributed by atoms with Crippen molar-refractivity contribution >= 4 is 0 Å². The highest BCUT2D eigenvalue weighted by atomic mass is 16.5. The van der Waals surface area contributed by atoms with Crippen molar-refractivity contribution in [3.63, 3.8) is 0 Å². The molecule has 0 fully saturated rings. The number of hydrogen-bond donors (Lipinski definition) is 1. The van der Waals surface area contributed by atoms with Crippen LogP contribution in [0.3, 0.4) is 0 Å². The highest BCUT2D eigenvalue weighted by Crippen LogP contribution is 2.14. The van der Waals surface area contributed by atoms with Crippen LogP contribution in [-0.4, -0.2) is 29.7 Å². The van der Waals surface area contributed by atoms with E-state index < -0.39 is 0 Å². The van der Waals surface area contributed by atoms with Crippen molar-refractivity contribution in [3.8, 4) is 0 Å². The first kappa shape index (κ1) is 16.1. The number of hydrogen-bond acceptors (Lipinski definition) is 4. The lowest BCUT2D eigenvalue weighted by atomic mass is 10.0. The van der Waals surface area contributed by atoms with Crippen LogP contribution in [0.5, 0.6) is 0 Å². The van der Waals surface area contributed by atoms with Crippen molar-refractivity contribution in [3.05, 3.63) is 22.8 Å². The average Bonchev–Trinajstić information content (AvgIpc) is 2.39. The Labute approximate surface area is 117 Å². The second-order valence-electron chi connectivity index (χ2n) is 5.01. The molecule has 0 aromatic carbocycles. The summed E-state index contributed by atoms with van der Waals surface area (Å²) in [5.74, 6) is 0.803. The Morgan fingerprint density at radius 3 is 2.11 bits per heavy atom. The van der Waals surface area contributed by atoms with E-state index in [1.54, 1.807) is 7.11 Å². The summed E-state index contributed by atoms with van der Waals surface area (Å²) in [6.45, 7) is 10.1. The van der Waals surface area contributed by atoms with Crippen molar-refractivity contribution < 1.29 is 4.74 Å². The second-order valence-corrected chi connectivity index (χ2v) is 5.01. The minimum absolute atomic E-state index is 0.491. The number of aryl methyl sites for hydroxylation is 2. The van der Waals surface area contributed by atoms with Gasteiger partial charge in [-0.25, -0.2) is 9.97 Å². The Balaban J connectivity index is 2.92. The molecule has 0 saturated heterocycles. The van der Waals surface area contributed by atoms with Gasteiger partial charge in [0.1, 0.15) is 6.61 Å². The maximum absolute atomic E-state index is 5.14. The zero-order chi connectivity index (χ0) is 14.3. The van der Waals surface area contributed by atoms with E-state index in [-0.39, 0.29) is 0 Å². The molecule has 0 saturated carbocycles. The molecular formula is C15H27N3O. The SMILES string of the molecule is CCc1nc(COC)nc(CC)c1CCNC(C)C. The van der Waals surface area contributed by atoms with Gasteiger partial charge in [0.15, 0.2) is 5.82 Å². The molecule has 0 aliphatic rings. The van der Waals surface area contributed by atoms with E-state index in [1.807, 2.05) is 0 Å². The van der Waals surface area contributed by atoms with E-state index in [9.17, 15) is 0 Å². The molecule has 1 heterocycles. The minimum atomic E-state index is 0.491. The van der Waals surface area contributed by atoms with Crippen molar-refractivity contribution in [2.24, 2.45) is 0 Å². The van der Waals surface area contributed by atoms with Crippen LogP contribution in [0.2, 0.25) is 0 Å². The monoisotopic (exact) mass is 265 g/mol. The van der Waals surface area contributed by atoms with E-state index in [0.29, 0.717) is 12.6 Å². The maximum Gasteiger partial charge on any atom is 0.154 e. The first-order valence-electron chi connectivity index (χ1n) is 7.22. The second kappa shape index (κ2) is 8.23. The van der Waals surface area contributed by atoms with Gasteiger partial charge in [0.25, 0.3) is 0 Å². The molecule has 1 N–H and O–H groups in total. The summed E-state index contributed by atoms with van der Waals surface area (Å²) < 4.78 is 5.14. The molecule has 0 bridgehead atoms. The minimum Gasteiger partial charge on any atom is -0.377 e. The van der Waals surface area contributed by atoms with Crippen molar-refractivity contribution in [2.45, 2.75) is 59.6 Å². The van der Waals surface area contributed by atoms with Gasteiger partial charge in [-0.3, -0.25) is 0 Å². The fraction of sp³-hybridized carbons (Fsp3) is 0.733. The summed E-state index contributed by atoms with van der Waals surface area (Å²) in [6.07, 6.45) is 2.89. The lowest BCUT2D eigenvalue weighted by Crippen LogP contribution is -2.26. The molecular weight excluding hydrogens is 238 g/mol. The van der Waals surface area contributed by atoms with Crippen LogP contribution in [0.25, 0.3) is 0 Å². The third-order valence-corrected chi connectivity index (χ3v) is 3.10. The van der Waals surface area contributed by atoms with Crippen LogP contribution in [0.4, 0.5) is 0 Å². The van der Waals surface area contributed by atoms with Gasteiger partial charge >= 0.3 is 0 Å². The molecule has 1 aromatic heterocycles. The number of ether oxygens (including phenoxy) is 1. The first-order chi connectivity index (χ1) is 9.12. The van der Waals surface area contributed by atoms with Gasteiger partial charge in [0.05, 0.1) is 0 Å². The predicted octanol–water partition coefficient (Wildman–Crippen LogP) is 2.29. The summed E-state index contributed by atoms with van der Waals surface area (Å²) >= 11 is 0. The third kappa shape index (κ3) is 4.88. The Morgan fingerprint density at radius 1 is 1.11 bits per heavy atom. The Morgan fingerprint density at radius 2 is 1.68 bits per heavy atom. The third-order valence-electron chi connectivity index (χ3n) is 3.10. The van der Waals surface area contributed by atoms with E-state index in [2.05, 4.69) is 43.0 Å². The number of nitrogens with one attached hydrogen (secondary N) is 1. The van der Waals surface area contributed by atoms with E-state index in [1.165, 1.54) is 17.0 Å². The van der Waals surface area contributed by atoms with Crippen molar-refractivity contribution in [1.29, 1.82) is 0 Å². The zero-order valence-corrected chi connectivity index (χ0v) is 12.9. The molecule has 1 rings (SSSR count). The highest BCUT2D eigenvalue weighted by molar-refractivity contribution is 5.27. The standard InChI is InChI=1S/C15H27N3O/c1-6-13-12(8-9-16-11(3)4)14(7-2)18-15(17-13)10-19-5/h11,16H,6-10H2,1-5H3. The number of aromatic nitrogens is 2. The Hall–Kier alpha value is -1.00. The zero-order valence-electron chi connectivity index (χ0n) is 12.9. The first-order valence-corrected chi connectivity index (χ1v) is 7.22. The molecule has 0 amide bonds. The van der Waals surface area contributed by atoms with Gasteiger partial charge in [-0.2, -0.15) is 0 Å². The van der Waals surface area contributed by atoms with Crippen molar-refractivity contribution in [1.82, 2.24) is 15.3 Å². The summed E-state index contributed by atoms with van der Waals surface area (Å²) in [6, 6.07) is 0.517. The highest BCUT2D eigenvalue weighted by Gasteiger charge is 2.12. The fourth-order valence-electron chi connectivity index (χ4n) is 2.19. The largest absolute Gasteiger partial charge is 0.377 e. The average molecular weight is 265 g/mol. The van der Waals surface area contributed by atoms with E-state index >= 15 is 0 Å². The van der Waals surface area contributed by atoms with E-state index in [0.717, 1.165) is 31.6 Å². The molecule has 19 heavy (non-hydrogen) atoms. The lowest BCUT2D eigenvalue weighted by Gasteiger charge is -2.15. The lowest BCUT2D eigenvalue weighted by molar-refractivity contribution is 0.177. The molecule has 0 atom stereocenters. The van der Waals surface area contributed by atoms with Gasteiger partial charge in [-0.1, -0.05) is 27.7 Å². The van der Waals surface area contributed by atoms with Crippen molar-refractivity contribution in [2.75, 3.05) is 13.7 Å². The molecule has 108 valence electrons. The molecule has 1 aromatic rings. The maximum atomic E-state index is 5.14. The van der Waals surface area contributed by atoms with Crippen LogP contribution in [0.15, 0.2) is 0 Å². The van der Waals surface area contributed by atoms with Gasteiger partial charge in [0.2, 0.25) is 0 Å². The molecule has 0 unspecified atom stereocenters. The van der Waals surface area contributed by atoms with Gasteiger partial charge in [0, 0.05) is 24.5 Å². The van der Waals surface area contributed by atoms with Crippen LogP contribution >= 0.6 is 0 Å². The topological polar surface area (TPSA) is 47.0 Å². The smallest absolute Gasteiger partial charge is 0.154 e. The summed E-state index contributed by atoms with van der Waals surface area (Å²) in [7, 11) is 1.68. The predicted molar refractivity (Wildman–Crippen MR) is 78.3 cm³/mol. The van der Waals surface area contributed by atoms with Gasteiger partial charge in [-0.05, 0) is 31.4 Å². The quantitative estimate of drug-likeness (QED) is 0.783. The Kier molecular flexibility index (Phi) is 6.95. The molecule has 4 heteroatoms. The van der Waals surface area contributed by atoms with Gasteiger partial charge < -0.3 is 10.1 Å². The number of nitrogens with zero attached hydrogens (tertiary/aromatic N) is 2. The molecule has 4 nitrogen and oxygen atoms in total. The van der Waals surface area contributed by atoms with Crippen LogP contribution in [0.1, 0.15) is 50.5 Å². The molecule has 0 aliphatic heterocycles. The summed E-state index contributed by atoms with van der Waals surface area (Å²) in [5, 5.41) is 3.46. The summed E-state index contributed by atoms with van der Waals surface area (Å²) in [5.41, 5.74) is 3.66. The molecule has 0 spiro atoms. The van der Waals surface area contributed by atoms with E-state index in [4.69, 9.17) is 4.74 Å². The number of methoxy groups -OCH3 is 1. The molecule has 0 aliphatic carbocycles. The number of rotatable bonds is 8. The Bertz CT molecular complexity index is 366. The normalized spacial score (nSPS) is 11.3. The van der Waals surface area contributed by atoms with Crippen LogP contribution < -0.4 is 5.32 Å².